The Balaban J connectivity index is 2.07. The Labute approximate surface area is 116 Å². The minimum Gasteiger partial charge on any atom is -0.198 e. The summed E-state index contributed by atoms with van der Waals surface area (Å²) in [7, 11) is 0. The zero-order valence-corrected chi connectivity index (χ0v) is 11.6. The Hall–Kier alpha value is -1.59. The Morgan fingerprint density at radius 1 is 0.944 bits per heavy atom. The smallest absolute Gasteiger partial charge is 0.0662 e. The Kier molecular flexibility index (Phi) is 4.55. The van der Waals surface area contributed by atoms with Gasteiger partial charge in [0.25, 0.3) is 0 Å². The molecule has 2 aromatic carbocycles. The molecule has 0 aromatic heterocycles. The fourth-order valence-electron chi connectivity index (χ4n) is 1.99. The maximum atomic E-state index is 9.27. The topological polar surface area (TPSA) is 23.8 Å². The van der Waals surface area contributed by atoms with E-state index in [1.807, 2.05) is 36.4 Å². The van der Waals surface area contributed by atoms with Gasteiger partial charge in [0, 0.05) is 4.47 Å². The van der Waals surface area contributed by atoms with E-state index in [1.54, 1.807) is 0 Å². The van der Waals surface area contributed by atoms with E-state index in [0.29, 0.717) is 0 Å². The van der Waals surface area contributed by atoms with Gasteiger partial charge in [0.2, 0.25) is 0 Å². The third-order valence-corrected chi connectivity index (χ3v) is 3.71. The first-order valence-corrected chi connectivity index (χ1v) is 6.76. The summed E-state index contributed by atoms with van der Waals surface area (Å²) in [6.07, 6.45) is 1.59. The van der Waals surface area contributed by atoms with E-state index in [0.717, 1.165) is 17.3 Å². The van der Waals surface area contributed by atoms with E-state index >= 15 is 0 Å². The van der Waals surface area contributed by atoms with Crippen molar-refractivity contribution in [3.8, 4) is 6.07 Å². The van der Waals surface area contributed by atoms with Crippen molar-refractivity contribution in [2.75, 3.05) is 0 Å². The van der Waals surface area contributed by atoms with Crippen LogP contribution in [0, 0.1) is 17.2 Å². The summed E-state index contributed by atoms with van der Waals surface area (Å²) in [6, 6.07) is 20.7. The van der Waals surface area contributed by atoms with Gasteiger partial charge in [-0.15, -0.1) is 0 Å². The number of nitriles is 1. The van der Waals surface area contributed by atoms with E-state index in [4.69, 9.17) is 0 Å². The zero-order valence-electron chi connectivity index (χ0n) is 10.0. The maximum Gasteiger partial charge on any atom is 0.0662 e. The SMILES string of the molecule is N#C[C@H](Cc1ccccc1)Cc1ccccc1Br. The molecule has 18 heavy (non-hydrogen) atoms. The van der Waals surface area contributed by atoms with Crippen LogP contribution >= 0.6 is 15.9 Å². The fraction of sp³-hybridized carbons (Fsp3) is 0.188. The van der Waals surface area contributed by atoms with Crippen molar-refractivity contribution in [2.24, 2.45) is 5.92 Å². The molecule has 0 N–H and O–H groups in total. The van der Waals surface area contributed by atoms with Gasteiger partial charge in [-0.25, -0.2) is 0 Å². The Morgan fingerprint density at radius 2 is 1.61 bits per heavy atom. The second-order valence-corrected chi connectivity index (χ2v) is 5.17. The standard InChI is InChI=1S/C16H14BrN/c17-16-9-5-4-8-15(16)11-14(12-18)10-13-6-2-1-3-7-13/h1-9,14H,10-11H2/t14-/m1/s1. The predicted octanol–water partition coefficient (Wildman–Crippen LogP) is 4.37. The van der Waals surface area contributed by atoms with Crippen molar-refractivity contribution < 1.29 is 0 Å². The van der Waals surface area contributed by atoms with E-state index in [-0.39, 0.29) is 5.92 Å². The molecule has 0 bridgehead atoms. The van der Waals surface area contributed by atoms with Crippen molar-refractivity contribution in [3.63, 3.8) is 0 Å². The molecule has 0 aliphatic rings. The number of hydrogen-bond donors (Lipinski definition) is 0. The van der Waals surface area contributed by atoms with Gasteiger partial charge in [0.15, 0.2) is 0 Å². The van der Waals surface area contributed by atoms with Crippen LogP contribution < -0.4 is 0 Å². The van der Waals surface area contributed by atoms with Gasteiger partial charge in [-0.3, -0.25) is 0 Å². The summed E-state index contributed by atoms with van der Waals surface area (Å²) in [5.74, 6) is 0.0195. The summed E-state index contributed by atoms with van der Waals surface area (Å²) in [4.78, 5) is 0. The Bertz CT molecular complexity index is 543. The van der Waals surface area contributed by atoms with Crippen molar-refractivity contribution in [1.82, 2.24) is 0 Å². The van der Waals surface area contributed by atoms with Crippen LogP contribution in [0.5, 0.6) is 0 Å². The van der Waals surface area contributed by atoms with Crippen LogP contribution in [0.1, 0.15) is 11.1 Å². The second kappa shape index (κ2) is 6.37. The molecule has 0 unspecified atom stereocenters. The average Bonchev–Trinajstić information content (AvgIpc) is 2.41. The van der Waals surface area contributed by atoms with Crippen molar-refractivity contribution in [1.29, 1.82) is 5.26 Å². The van der Waals surface area contributed by atoms with Crippen LogP contribution in [-0.2, 0) is 12.8 Å². The largest absolute Gasteiger partial charge is 0.198 e. The monoisotopic (exact) mass is 299 g/mol. The summed E-state index contributed by atoms with van der Waals surface area (Å²) >= 11 is 3.53. The van der Waals surface area contributed by atoms with Gasteiger partial charge in [-0.2, -0.15) is 5.26 Å². The van der Waals surface area contributed by atoms with Crippen LogP contribution in [0.3, 0.4) is 0 Å². The first kappa shape index (κ1) is 12.9. The summed E-state index contributed by atoms with van der Waals surface area (Å²) < 4.78 is 1.08. The molecule has 2 rings (SSSR count). The average molecular weight is 300 g/mol. The summed E-state index contributed by atoms with van der Waals surface area (Å²) in [6.45, 7) is 0. The molecule has 1 atom stereocenters. The third kappa shape index (κ3) is 3.45. The van der Waals surface area contributed by atoms with Crippen LogP contribution in [0.2, 0.25) is 0 Å². The molecule has 2 heteroatoms. The van der Waals surface area contributed by atoms with Crippen LogP contribution in [0.15, 0.2) is 59.1 Å². The molecule has 0 saturated carbocycles. The molecule has 0 spiro atoms. The maximum absolute atomic E-state index is 9.27. The van der Waals surface area contributed by atoms with Gasteiger partial charge in [0.05, 0.1) is 12.0 Å². The van der Waals surface area contributed by atoms with Gasteiger partial charge < -0.3 is 0 Å². The highest BCUT2D eigenvalue weighted by molar-refractivity contribution is 9.10. The molecule has 2 aromatic rings. The number of benzene rings is 2. The fourth-order valence-corrected chi connectivity index (χ4v) is 2.44. The zero-order chi connectivity index (χ0) is 12.8. The first-order valence-electron chi connectivity index (χ1n) is 5.96. The van der Waals surface area contributed by atoms with Crippen molar-refractivity contribution in [3.05, 3.63) is 70.2 Å². The number of hydrogen-bond acceptors (Lipinski definition) is 1. The predicted molar refractivity (Wildman–Crippen MR) is 77.1 cm³/mol. The lowest BCUT2D eigenvalue weighted by molar-refractivity contribution is 0.656. The molecule has 0 radical (unpaired) electrons. The molecule has 0 heterocycles. The molecule has 1 nitrogen and oxygen atoms in total. The van der Waals surface area contributed by atoms with E-state index < -0.39 is 0 Å². The summed E-state index contributed by atoms with van der Waals surface area (Å²) in [5, 5.41) is 9.27. The molecule has 0 aliphatic carbocycles. The molecule has 90 valence electrons. The highest BCUT2D eigenvalue weighted by Crippen LogP contribution is 2.21. The number of nitrogens with zero attached hydrogens (tertiary/aromatic N) is 1. The summed E-state index contributed by atoms with van der Waals surface area (Å²) in [5.41, 5.74) is 2.41. The highest BCUT2D eigenvalue weighted by Gasteiger charge is 2.11. The lowest BCUT2D eigenvalue weighted by atomic mass is 9.94. The van der Waals surface area contributed by atoms with Crippen LogP contribution in [0.4, 0.5) is 0 Å². The lowest BCUT2D eigenvalue weighted by Gasteiger charge is -2.10. The first-order chi connectivity index (χ1) is 8.79. The lowest BCUT2D eigenvalue weighted by Crippen LogP contribution is -2.06. The molecule has 0 fully saturated rings. The number of halogens is 1. The van der Waals surface area contributed by atoms with E-state index in [1.165, 1.54) is 11.1 Å². The van der Waals surface area contributed by atoms with E-state index in [9.17, 15) is 5.26 Å². The molecule has 0 aliphatic heterocycles. The normalized spacial score (nSPS) is 11.8. The van der Waals surface area contributed by atoms with Crippen LogP contribution in [-0.4, -0.2) is 0 Å². The molecular formula is C16H14BrN. The van der Waals surface area contributed by atoms with Gasteiger partial charge in [-0.1, -0.05) is 64.5 Å². The van der Waals surface area contributed by atoms with Crippen molar-refractivity contribution in [2.45, 2.75) is 12.8 Å². The van der Waals surface area contributed by atoms with E-state index in [2.05, 4.69) is 40.2 Å². The van der Waals surface area contributed by atoms with Gasteiger partial charge >= 0.3 is 0 Å². The Morgan fingerprint density at radius 3 is 2.28 bits per heavy atom. The molecule has 0 saturated heterocycles. The van der Waals surface area contributed by atoms with Crippen molar-refractivity contribution >= 4 is 15.9 Å². The van der Waals surface area contributed by atoms with Gasteiger partial charge in [0.1, 0.15) is 0 Å². The third-order valence-electron chi connectivity index (χ3n) is 2.93. The van der Waals surface area contributed by atoms with Crippen LogP contribution in [0.25, 0.3) is 0 Å². The molecule has 0 amide bonds. The minimum atomic E-state index is 0.0195. The second-order valence-electron chi connectivity index (χ2n) is 4.31. The highest BCUT2D eigenvalue weighted by atomic mass is 79.9. The van der Waals surface area contributed by atoms with Gasteiger partial charge in [-0.05, 0) is 30.0 Å². The minimum absolute atomic E-state index is 0.0195. The molecular weight excluding hydrogens is 286 g/mol. The number of rotatable bonds is 4. The quantitative estimate of drug-likeness (QED) is 0.822.